The molecule has 3 heteroatoms. The van der Waals surface area contributed by atoms with Gasteiger partial charge in [-0.25, -0.2) is 0 Å². The first kappa shape index (κ1) is 18.7. The Hall–Kier alpha value is -3.07. The van der Waals surface area contributed by atoms with Gasteiger partial charge in [0.1, 0.15) is 0 Å². The van der Waals surface area contributed by atoms with Crippen LogP contribution < -0.4 is 0 Å². The molecule has 0 radical (unpaired) electrons. The molecule has 3 rings (SSSR count). The van der Waals surface area contributed by atoms with E-state index in [1.807, 2.05) is 53.4 Å². The Morgan fingerprint density at radius 1 is 0.963 bits per heavy atom. The van der Waals surface area contributed by atoms with Gasteiger partial charge in [-0.3, -0.25) is 4.79 Å². The van der Waals surface area contributed by atoms with Crippen molar-refractivity contribution in [2.75, 3.05) is 6.54 Å². The molecule has 0 aliphatic carbocycles. The zero-order valence-electron chi connectivity index (χ0n) is 15.8. The summed E-state index contributed by atoms with van der Waals surface area (Å²) >= 11 is 0. The number of carbonyl (C=O) groups is 1. The number of hydrogen-bond acceptors (Lipinski definition) is 1. The van der Waals surface area contributed by atoms with E-state index in [0.29, 0.717) is 6.54 Å². The molecular weight excluding hydrogens is 332 g/mol. The topological polar surface area (TPSA) is 25.2 Å². The maximum Gasteiger partial charge on any atom is 0.246 e. The lowest BCUT2D eigenvalue weighted by molar-refractivity contribution is -0.126. The van der Waals surface area contributed by atoms with Crippen molar-refractivity contribution in [3.05, 3.63) is 102 Å². The Balaban J connectivity index is 1.70. The Morgan fingerprint density at radius 3 is 2.37 bits per heavy atom. The lowest BCUT2D eigenvalue weighted by atomic mass is 10.2. The number of amides is 1. The molecular formula is C24H26N2O. The molecule has 0 atom stereocenters. The molecule has 138 valence electrons. The second kappa shape index (κ2) is 9.58. The van der Waals surface area contributed by atoms with E-state index in [2.05, 4.69) is 48.0 Å². The minimum absolute atomic E-state index is 0.0492. The second-order valence-electron chi connectivity index (χ2n) is 6.62. The first-order valence-electron chi connectivity index (χ1n) is 9.46. The Labute approximate surface area is 161 Å². The van der Waals surface area contributed by atoms with E-state index in [1.165, 1.54) is 5.56 Å². The van der Waals surface area contributed by atoms with Crippen molar-refractivity contribution in [3.63, 3.8) is 0 Å². The van der Waals surface area contributed by atoms with Crippen LogP contribution in [-0.4, -0.2) is 21.9 Å². The van der Waals surface area contributed by atoms with Gasteiger partial charge in [0, 0.05) is 31.1 Å². The fourth-order valence-corrected chi connectivity index (χ4v) is 3.10. The molecule has 0 N–H and O–H groups in total. The number of carbonyl (C=O) groups excluding carboxylic acids is 1. The van der Waals surface area contributed by atoms with E-state index in [4.69, 9.17) is 0 Å². The van der Waals surface area contributed by atoms with Crippen LogP contribution in [0.3, 0.4) is 0 Å². The molecule has 0 bridgehead atoms. The van der Waals surface area contributed by atoms with Crippen LogP contribution in [-0.2, 0) is 17.9 Å². The van der Waals surface area contributed by atoms with Crippen LogP contribution in [0.15, 0.2) is 85.1 Å². The Bertz CT molecular complexity index is 866. The van der Waals surface area contributed by atoms with Crippen LogP contribution in [0.2, 0.25) is 0 Å². The largest absolute Gasteiger partial charge is 0.345 e. The smallest absolute Gasteiger partial charge is 0.246 e. The number of benzene rings is 2. The molecule has 1 amide bonds. The molecule has 27 heavy (non-hydrogen) atoms. The van der Waals surface area contributed by atoms with Gasteiger partial charge in [0.15, 0.2) is 0 Å². The van der Waals surface area contributed by atoms with Crippen molar-refractivity contribution in [2.24, 2.45) is 0 Å². The molecule has 0 saturated heterocycles. The summed E-state index contributed by atoms with van der Waals surface area (Å²) in [5.74, 6) is 0.0492. The molecule has 0 unspecified atom stereocenters. The maximum absolute atomic E-state index is 12.7. The van der Waals surface area contributed by atoms with E-state index < -0.39 is 0 Å². The van der Waals surface area contributed by atoms with Crippen molar-refractivity contribution in [3.8, 4) is 0 Å². The highest BCUT2D eigenvalue weighted by molar-refractivity contribution is 5.91. The van der Waals surface area contributed by atoms with Crippen LogP contribution in [0.4, 0.5) is 0 Å². The fourth-order valence-electron chi connectivity index (χ4n) is 3.10. The quantitative estimate of drug-likeness (QED) is 0.521. The fraction of sp³-hybridized carbons (Fsp3) is 0.208. The summed E-state index contributed by atoms with van der Waals surface area (Å²) in [6.45, 7) is 4.28. The molecule has 0 spiro atoms. The van der Waals surface area contributed by atoms with Crippen LogP contribution in [0.25, 0.3) is 6.08 Å². The SMILES string of the molecule is CCCN(Cc1cccn1Cc1ccccc1)C(=O)/C=C/c1ccccc1. The average Bonchev–Trinajstić information content (AvgIpc) is 3.14. The monoisotopic (exact) mass is 358 g/mol. The normalized spacial score (nSPS) is 11.0. The highest BCUT2D eigenvalue weighted by Crippen LogP contribution is 2.12. The summed E-state index contributed by atoms with van der Waals surface area (Å²) in [4.78, 5) is 14.6. The molecule has 1 aromatic heterocycles. The van der Waals surface area contributed by atoms with Gasteiger partial charge in [-0.2, -0.15) is 0 Å². The van der Waals surface area contributed by atoms with E-state index in [0.717, 1.165) is 30.8 Å². The van der Waals surface area contributed by atoms with Crippen molar-refractivity contribution in [1.82, 2.24) is 9.47 Å². The maximum atomic E-state index is 12.7. The molecule has 0 fully saturated rings. The highest BCUT2D eigenvalue weighted by Gasteiger charge is 2.13. The van der Waals surface area contributed by atoms with Crippen LogP contribution in [0.5, 0.6) is 0 Å². The average molecular weight is 358 g/mol. The highest BCUT2D eigenvalue weighted by atomic mass is 16.2. The molecule has 0 aliphatic heterocycles. The summed E-state index contributed by atoms with van der Waals surface area (Å²) in [6, 6.07) is 24.5. The number of aromatic nitrogens is 1. The lowest BCUT2D eigenvalue weighted by Crippen LogP contribution is -2.30. The van der Waals surface area contributed by atoms with E-state index in [1.54, 1.807) is 6.08 Å². The Kier molecular flexibility index (Phi) is 6.64. The third-order valence-corrected chi connectivity index (χ3v) is 4.50. The van der Waals surface area contributed by atoms with Gasteiger partial charge in [0.25, 0.3) is 0 Å². The third kappa shape index (κ3) is 5.45. The lowest BCUT2D eigenvalue weighted by Gasteiger charge is -2.22. The second-order valence-corrected chi connectivity index (χ2v) is 6.62. The van der Waals surface area contributed by atoms with Gasteiger partial charge in [0.2, 0.25) is 5.91 Å². The molecule has 0 aliphatic rings. The van der Waals surface area contributed by atoms with Gasteiger partial charge < -0.3 is 9.47 Å². The summed E-state index contributed by atoms with van der Waals surface area (Å²) in [6.07, 6.45) is 6.57. The van der Waals surface area contributed by atoms with Gasteiger partial charge in [0.05, 0.1) is 6.54 Å². The van der Waals surface area contributed by atoms with Gasteiger partial charge >= 0.3 is 0 Å². The van der Waals surface area contributed by atoms with E-state index >= 15 is 0 Å². The van der Waals surface area contributed by atoms with Crippen molar-refractivity contribution >= 4 is 12.0 Å². The third-order valence-electron chi connectivity index (χ3n) is 4.50. The standard InChI is InChI=1S/C24H26N2O/c1-2-17-26(24(27)16-15-21-10-5-3-6-11-21)20-23-14-9-18-25(23)19-22-12-7-4-8-13-22/h3-16,18H,2,17,19-20H2,1H3/b16-15+. The number of rotatable bonds is 8. The van der Waals surface area contributed by atoms with Crippen LogP contribution in [0.1, 0.15) is 30.2 Å². The summed E-state index contributed by atoms with van der Waals surface area (Å²) in [5, 5.41) is 0. The summed E-state index contributed by atoms with van der Waals surface area (Å²) < 4.78 is 2.21. The van der Waals surface area contributed by atoms with Crippen LogP contribution in [0, 0.1) is 0 Å². The van der Waals surface area contributed by atoms with Gasteiger partial charge in [-0.1, -0.05) is 67.6 Å². The van der Waals surface area contributed by atoms with Crippen molar-refractivity contribution in [2.45, 2.75) is 26.4 Å². The van der Waals surface area contributed by atoms with E-state index in [9.17, 15) is 4.79 Å². The minimum atomic E-state index is 0.0492. The predicted molar refractivity (Wildman–Crippen MR) is 111 cm³/mol. The molecule has 1 heterocycles. The molecule has 0 saturated carbocycles. The first-order chi connectivity index (χ1) is 13.3. The summed E-state index contributed by atoms with van der Waals surface area (Å²) in [7, 11) is 0. The molecule has 3 nitrogen and oxygen atoms in total. The summed E-state index contributed by atoms with van der Waals surface area (Å²) in [5.41, 5.74) is 3.44. The molecule has 3 aromatic rings. The van der Waals surface area contributed by atoms with Gasteiger partial charge in [-0.05, 0) is 35.8 Å². The zero-order valence-corrected chi connectivity index (χ0v) is 15.8. The molecule has 2 aromatic carbocycles. The van der Waals surface area contributed by atoms with Gasteiger partial charge in [-0.15, -0.1) is 0 Å². The van der Waals surface area contributed by atoms with E-state index in [-0.39, 0.29) is 5.91 Å². The van der Waals surface area contributed by atoms with Crippen LogP contribution >= 0.6 is 0 Å². The predicted octanol–water partition coefficient (Wildman–Crippen LogP) is 4.99. The zero-order chi connectivity index (χ0) is 18.9. The Morgan fingerprint density at radius 2 is 1.67 bits per heavy atom. The van der Waals surface area contributed by atoms with Crippen molar-refractivity contribution < 1.29 is 4.79 Å². The number of hydrogen-bond donors (Lipinski definition) is 0. The van der Waals surface area contributed by atoms with Crippen molar-refractivity contribution in [1.29, 1.82) is 0 Å². The minimum Gasteiger partial charge on any atom is -0.345 e. The number of nitrogens with zero attached hydrogens (tertiary/aromatic N) is 2. The first-order valence-corrected chi connectivity index (χ1v) is 9.46.